The SMILES string of the molecule is CC[C@H]1CN(c2nc(N)c(C(=O)NCCOC)nc2Cl)CCN1C1CCN(Cc2ccc(C)cc2)CC1. The lowest BCUT2D eigenvalue weighted by atomic mass is 9.98. The molecule has 9 nitrogen and oxygen atoms in total. The number of carbonyl (C=O) groups is 1. The van der Waals surface area contributed by atoms with Crippen molar-refractivity contribution in [1.29, 1.82) is 0 Å². The molecule has 0 unspecified atom stereocenters. The molecule has 37 heavy (non-hydrogen) atoms. The van der Waals surface area contributed by atoms with Gasteiger partial charge in [-0.05, 0) is 44.8 Å². The maximum absolute atomic E-state index is 12.4. The van der Waals surface area contributed by atoms with E-state index >= 15 is 0 Å². The second-order valence-electron chi connectivity index (χ2n) is 10.1. The van der Waals surface area contributed by atoms with Gasteiger partial charge in [-0.3, -0.25) is 14.6 Å². The maximum Gasteiger partial charge on any atom is 0.273 e. The molecule has 1 aromatic heterocycles. The van der Waals surface area contributed by atoms with Gasteiger partial charge < -0.3 is 20.7 Å². The standard InChI is InChI=1S/C27H40ClN7O2/c1-4-21-18-34(26-24(28)31-23(25(29)32-26)27(36)30-11-16-37-3)14-15-35(21)22-9-12-33(13-10-22)17-20-7-5-19(2)6-8-20/h5-8,21-22H,4,9-18H2,1-3H3,(H2,29,32)(H,30,36)/t21-/m0/s1. The van der Waals surface area contributed by atoms with E-state index in [1.807, 2.05) is 0 Å². The van der Waals surface area contributed by atoms with Crippen molar-refractivity contribution in [2.24, 2.45) is 0 Å². The number of aryl methyl sites for hydroxylation is 1. The monoisotopic (exact) mass is 529 g/mol. The van der Waals surface area contributed by atoms with Crippen LogP contribution in [-0.2, 0) is 11.3 Å². The van der Waals surface area contributed by atoms with Crippen molar-refractivity contribution in [2.45, 2.75) is 51.7 Å². The normalized spacial score (nSPS) is 19.8. The summed E-state index contributed by atoms with van der Waals surface area (Å²) >= 11 is 6.51. The van der Waals surface area contributed by atoms with E-state index in [1.165, 1.54) is 24.0 Å². The Bertz CT molecular complexity index is 1040. The number of nitrogens with two attached hydrogens (primary N) is 1. The van der Waals surface area contributed by atoms with Crippen LogP contribution in [0.1, 0.15) is 47.8 Å². The molecular weight excluding hydrogens is 490 g/mol. The third-order valence-electron chi connectivity index (χ3n) is 7.52. The average molecular weight is 530 g/mol. The van der Waals surface area contributed by atoms with Gasteiger partial charge in [-0.15, -0.1) is 0 Å². The summed E-state index contributed by atoms with van der Waals surface area (Å²) in [6.07, 6.45) is 3.41. The smallest absolute Gasteiger partial charge is 0.273 e. The zero-order valence-electron chi connectivity index (χ0n) is 22.3. The lowest BCUT2D eigenvalue weighted by molar-refractivity contribution is 0.0610. The van der Waals surface area contributed by atoms with Gasteiger partial charge in [0.2, 0.25) is 0 Å². The van der Waals surface area contributed by atoms with Crippen molar-refractivity contribution in [3.63, 3.8) is 0 Å². The predicted molar refractivity (Wildman–Crippen MR) is 148 cm³/mol. The minimum atomic E-state index is -0.402. The molecule has 1 atom stereocenters. The van der Waals surface area contributed by atoms with Crippen LogP contribution in [0.2, 0.25) is 5.15 Å². The van der Waals surface area contributed by atoms with Crippen molar-refractivity contribution in [3.05, 3.63) is 46.2 Å². The minimum Gasteiger partial charge on any atom is -0.383 e. The molecule has 2 aliphatic rings. The van der Waals surface area contributed by atoms with Crippen LogP contribution >= 0.6 is 11.6 Å². The maximum atomic E-state index is 12.4. The van der Waals surface area contributed by atoms with Crippen LogP contribution in [0.4, 0.5) is 11.6 Å². The van der Waals surface area contributed by atoms with E-state index in [2.05, 4.69) is 68.1 Å². The van der Waals surface area contributed by atoms with Gasteiger partial charge >= 0.3 is 0 Å². The number of methoxy groups -OCH3 is 1. The number of hydrogen-bond donors (Lipinski definition) is 2. The average Bonchev–Trinajstić information content (AvgIpc) is 2.91. The van der Waals surface area contributed by atoms with Crippen LogP contribution in [0.15, 0.2) is 24.3 Å². The lowest BCUT2D eigenvalue weighted by Crippen LogP contribution is -2.58. The van der Waals surface area contributed by atoms with Gasteiger partial charge in [0.05, 0.1) is 6.61 Å². The van der Waals surface area contributed by atoms with E-state index in [1.54, 1.807) is 7.11 Å². The summed E-state index contributed by atoms with van der Waals surface area (Å²) in [5.74, 6) is 0.241. The highest BCUT2D eigenvalue weighted by atomic mass is 35.5. The topological polar surface area (TPSA) is 99.8 Å². The van der Waals surface area contributed by atoms with E-state index in [4.69, 9.17) is 22.1 Å². The van der Waals surface area contributed by atoms with Crippen molar-refractivity contribution in [2.75, 3.05) is 63.6 Å². The molecule has 3 N–H and O–H groups in total. The van der Waals surface area contributed by atoms with Gasteiger partial charge in [-0.1, -0.05) is 48.4 Å². The highest BCUT2D eigenvalue weighted by Gasteiger charge is 2.34. The number of rotatable bonds is 9. The third-order valence-corrected chi connectivity index (χ3v) is 7.78. The van der Waals surface area contributed by atoms with Crippen LogP contribution in [0.5, 0.6) is 0 Å². The summed E-state index contributed by atoms with van der Waals surface area (Å²) in [4.78, 5) is 28.6. The number of halogens is 1. The number of piperazine rings is 1. The van der Waals surface area contributed by atoms with E-state index in [0.29, 0.717) is 31.1 Å². The molecule has 0 saturated carbocycles. The first-order valence-electron chi connectivity index (χ1n) is 13.3. The predicted octanol–water partition coefficient (Wildman–Crippen LogP) is 2.96. The molecule has 4 rings (SSSR count). The van der Waals surface area contributed by atoms with Crippen molar-refractivity contribution in [3.8, 4) is 0 Å². The third kappa shape index (κ3) is 6.90. The molecule has 0 bridgehead atoms. The molecule has 0 aliphatic carbocycles. The fourth-order valence-electron chi connectivity index (χ4n) is 5.40. The number of hydrogen-bond acceptors (Lipinski definition) is 8. The zero-order valence-corrected chi connectivity index (χ0v) is 23.0. The summed E-state index contributed by atoms with van der Waals surface area (Å²) in [7, 11) is 1.57. The van der Waals surface area contributed by atoms with Crippen LogP contribution in [0.25, 0.3) is 0 Å². The van der Waals surface area contributed by atoms with Gasteiger partial charge in [0, 0.05) is 51.9 Å². The van der Waals surface area contributed by atoms with Crippen LogP contribution < -0.4 is 16.0 Å². The Labute approximate surface area is 225 Å². The highest BCUT2D eigenvalue weighted by Crippen LogP contribution is 2.30. The lowest BCUT2D eigenvalue weighted by Gasteiger charge is -2.47. The number of likely N-dealkylation sites (tertiary alicyclic amines) is 1. The molecular formula is C27H40ClN7O2. The molecule has 1 amide bonds. The minimum absolute atomic E-state index is 0.0490. The molecule has 0 spiro atoms. The van der Waals surface area contributed by atoms with Crippen molar-refractivity contribution in [1.82, 2.24) is 25.1 Å². The summed E-state index contributed by atoms with van der Waals surface area (Å²) in [5, 5.41) is 2.92. The molecule has 2 aliphatic heterocycles. The Hall–Kier alpha value is -2.46. The van der Waals surface area contributed by atoms with Gasteiger partial charge in [0.1, 0.15) is 0 Å². The first-order valence-corrected chi connectivity index (χ1v) is 13.7. The largest absolute Gasteiger partial charge is 0.383 e. The number of nitrogen functional groups attached to an aromatic ring is 1. The summed E-state index contributed by atoms with van der Waals surface area (Å²) < 4.78 is 4.97. The second kappa shape index (κ2) is 12.9. The van der Waals surface area contributed by atoms with Gasteiger partial charge in [0.25, 0.3) is 5.91 Å². The number of ether oxygens (including phenoxy) is 1. The van der Waals surface area contributed by atoms with Crippen molar-refractivity contribution >= 4 is 29.1 Å². The fourth-order valence-corrected chi connectivity index (χ4v) is 5.65. The van der Waals surface area contributed by atoms with E-state index in [0.717, 1.165) is 45.7 Å². The molecule has 3 heterocycles. The second-order valence-corrected chi connectivity index (χ2v) is 10.4. The Balaban J connectivity index is 1.34. The van der Waals surface area contributed by atoms with Crippen LogP contribution in [-0.4, -0.2) is 90.7 Å². The fraction of sp³-hybridized carbons (Fsp3) is 0.593. The first-order chi connectivity index (χ1) is 17.9. The summed E-state index contributed by atoms with van der Waals surface area (Å²) in [6, 6.07) is 9.88. The molecule has 0 radical (unpaired) electrons. The number of nitrogens with one attached hydrogen (secondary N) is 1. The number of piperidine rings is 1. The van der Waals surface area contributed by atoms with Gasteiger partial charge in [-0.25, -0.2) is 9.97 Å². The Morgan fingerprint density at radius 3 is 2.57 bits per heavy atom. The van der Waals surface area contributed by atoms with E-state index < -0.39 is 5.91 Å². The molecule has 202 valence electrons. The number of aromatic nitrogens is 2. The molecule has 2 saturated heterocycles. The Kier molecular flexibility index (Phi) is 9.59. The molecule has 2 aromatic rings. The van der Waals surface area contributed by atoms with E-state index in [-0.39, 0.29) is 16.7 Å². The number of benzene rings is 1. The summed E-state index contributed by atoms with van der Waals surface area (Å²) in [6.45, 7) is 11.0. The molecule has 2 fully saturated rings. The summed E-state index contributed by atoms with van der Waals surface area (Å²) in [5.41, 5.74) is 8.87. The van der Waals surface area contributed by atoms with Crippen molar-refractivity contribution < 1.29 is 9.53 Å². The zero-order chi connectivity index (χ0) is 26.4. The van der Waals surface area contributed by atoms with E-state index in [9.17, 15) is 4.79 Å². The Morgan fingerprint density at radius 1 is 1.16 bits per heavy atom. The molecule has 1 aromatic carbocycles. The number of carbonyl (C=O) groups excluding carboxylic acids is 1. The number of nitrogens with zero attached hydrogens (tertiary/aromatic N) is 5. The van der Waals surface area contributed by atoms with Gasteiger partial charge in [0.15, 0.2) is 22.5 Å². The van der Waals surface area contributed by atoms with Gasteiger partial charge in [-0.2, -0.15) is 0 Å². The Morgan fingerprint density at radius 2 is 1.89 bits per heavy atom. The quantitative estimate of drug-likeness (QED) is 0.478. The first kappa shape index (κ1) is 27.6. The van der Waals surface area contributed by atoms with Crippen LogP contribution in [0.3, 0.4) is 0 Å². The van der Waals surface area contributed by atoms with Crippen LogP contribution in [0, 0.1) is 6.92 Å². The highest BCUT2D eigenvalue weighted by molar-refractivity contribution is 6.32. The molecule has 10 heteroatoms. The number of amides is 1. The number of anilines is 2.